The fraction of sp³-hybridized carbons (Fsp3) is 0.375. The highest BCUT2D eigenvalue weighted by Crippen LogP contribution is 2.01. The van der Waals surface area contributed by atoms with E-state index in [0.29, 0.717) is 5.82 Å². The van der Waals surface area contributed by atoms with Gasteiger partial charge in [-0.3, -0.25) is 4.79 Å². The molecule has 12 heavy (non-hydrogen) atoms. The number of hydrogen-bond acceptors (Lipinski definition) is 3. The predicted octanol–water partition coefficient (Wildman–Crippen LogP) is 0.721. The topological polar surface area (TPSA) is 63.1 Å². The van der Waals surface area contributed by atoms with Crippen molar-refractivity contribution in [2.24, 2.45) is 0 Å². The van der Waals surface area contributed by atoms with Crippen molar-refractivity contribution in [2.75, 3.05) is 0 Å². The molecule has 0 atom stereocenters. The van der Waals surface area contributed by atoms with Gasteiger partial charge < -0.3 is 5.11 Å². The molecular formula is C8H10N2O2. The van der Waals surface area contributed by atoms with Crippen LogP contribution in [0.4, 0.5) is 0 Å². The molecule has 1 aromatic heterocycles. The minimum atomic E-state index is -0.904. The smallest absolute Gasteiger partial charge is 0.311 e. The first-order chi connectivity index (χ1) is 5.59. The van der Waals surface area contributed by atoms with Gasteiger partial charge >= 0.3 is 5.97 Å². The molecule has 0 aliphatic rings. The Kier molecular flexibility index (Phi) is 2.38. The van der Waals surface area contributed by atoms with E-state index in [1.54, 1.807) is 6.20 Å². The molecule has 64 valence electrons. The number of rotatable bonds is 2. The summed E-state index contributed by atoms with van der Waals surface area (Å²) in [5.41, 5.74) is 1.81. The van der Waals surface area contributed by atoms with Crippen LogP contribution >= 0.6 is 0 Å². The first kappa shape index (κ1) is 8.64. The molecule has 0 unspecified atom stereocenters. The largest absolute Gasteiger partial charge is 0.481 e. The Labute approximate surface area is 70.3 Å². The van der Waals surface area contributed by atoms with Crippen LogP contribution in [0, 0.1) is 13.8 Å². The van der Waals surface area contributed by atoms with E-state index in [1.165, 1.54) is 0 Å². The third-order valence-corrected chi connectivity index (χ3v) is 1.58. The summed E-state index contributed by atoms with van der Waals surface area (Å²) in [6.07, 6.45) is 1.53. The molecule has 0 spiro atoms. The van der Waals surface area contributed by atoms with E-state index in [-0.39, 0.29) is 6.42 Å². The van der Waals surface area contributed by atoms with Crippen LogP contribution in [0.3, 0.4) is 0 Å². The maximum Gasteiger partial charge on any atom is 0.311 e. The number of carboxylic acids is 1. The van der Waals surface area contributed by atoms with Crippen molar-refractivity contribution in [3.63, 3.8) is 0 Å². The summed E-state index contributed by atoms with van der Waals surface area (Å²) in [5, 5.41) is 8.45. The molecule has 1 rings (SSSR count). The maximum absolute atomic E-state index is 10.3. The summed E-state index contributed by atoms with van der Waals surface area (Å²) < 4.78 is 0. The second-order valence-corrected chi connectivity index (χ2v) is 2.63. The predicted molar refractivity (Wildman–Crippen MR) is 42.8 cm³/mol. The third-order valence-electron chi connectivity index (χ3n) is 1.58. The fourth-order valence-corrected chi connectivity index (χ4v) is 0.796. The number of nitrogens with zero attached hydrogens (tertiary/aromatic N) is 2. The van der Waals surface area contributed by atoms with Crippen molar-refractivity contribution in [3.8, 4) is 0 Å². The van der Waals surface area contributed by atoms with Crippen molar-refractivity contribution < 1.29 is 9.90 Å². The van der Waals surface area contributed by atoms with Gasteiger partial charge in [0.15, 0.2) is 0 Å². The van der Waals surface area contributed by atoms with Gasteiger partial charge in [-0.1, -0.05) is 0 Å². The Morgan fingerprint density at radius 3 is 2.75 bits per heavy atom. The minimum Gasteiger partial charge on any atom is -0.481 e. The highest BCUT2D eigenvalue weighted by Gasteiger charge is 2.03. The van der Waals surface area contributed by atoms with Crippen molar-refractivity contribution in [1.29, 1.82) is 0 Å². The quantitative estimate of drug-likeness (QED) is 0.703. The van der Waals surface area contributed by atoms with E-state index in [2.05, 4.69) is 9.97 Å². The average molecular weight is 166 g/mol. The van der Waals surface area contributed by atoms with E-state index in [9.17, 15) is 4.79 Å². The molecule has 0 aliphatic carbocycles. The van der Waals surface area contributed by atoms with Gasteiger partial charge in [0.1, 0.15) is 12.2 Å². The summed E-state index contributed by atoms with van der Waals surface area (Å²) in [5.74, 6) is -0.538. The lowest BCUT2D eigenvalue weighted by atomic mass is 10.2. The second-order valence-electron chi connectivity index (χ2n) is 2.63. The van der Waals surface area contributed by atoms with Gasteiger partial charge in [-0.15, -0.1) is 0 Å². The monoisotopic (exact) mass is 166 g/mol. The Bertz CT molecular complexity index is 310. The van der Waals surface area contributed by atoms with Crippen LogP contribution in [0.1, 0.15) is 17.1 Å². The van der Waals surface area contributed by atoms with Crippen molar-refractivity contribution in [3.05, 3.63) is 23.3 Å². The first-order valence-corrected chi connectivity index (χ1v) is 3.60. The van der Waals surface area contributed by atoms with Gasteiger partial charge in [0, 0.05) is 11.9 Å². The van der Waals surface area contributed by atoms with Gasteiger partial charge in [0.2, 0.25) is 0 Å². The Morgan fingerprint density at radius 2 is 2.25 bits per heavy atom. The van der Waals surface area contributed by atoms with Crippen LogP contribution in [-0.4, -0.2) is 21.0 Å². The van der Waals surface area contributed by atoms with Gasteiger partial charge in [-0.25, -0.2) is 9.97 Å². The molecule has 0 aliphatic heterocycles. The standard InChI is InChI=1S/C8H10N2O2/c1-5-4-9-7(3-8(11)12)10-6(5)2/h4H,3H2,1-2H3,(H,11,12). The lowest BCUT2D eigenvalue weighted by molar-refractivity contribution is -0.136. The number of carboxylic acid groups (broad SMARTS) is 1. The van der Waals surface area contributed by atoms with E-state index in [0.717, 1.165) is 11.3 Å². The summed E-state index contributed by atoms with van der Waals surface area (Å²) in [6, 6.07) is 0. The van der Waals surface area contributed by atoms with Crippen LogP contribution in [0.15, 0.2) is 6.20 Å². The van der Waals surface area contributed by atoms with E-state index >= 15 is 0 Å². The average Bonchev–Trinajstić information content (AvgIpc) is 1.96. The van der Waals surface area contributed by atoms with E-state index in [4.69, 9.17) is 5.11 Å². The van der Waals surface area contributed by atoms with Gasteiger partial charge in [0.25, 0.3) is 0 Å². The minimum absolute atomic E-state index is 0.110. The Morgan fingerprint density at radius 1 is 1.58 bits per heavy atom. The second kappa shape index (κ2) is 3.30. The number of aromatic nitrogens is 2. The first-order valence-electron chi connectivity index (χ1n) is 3.60. The molecule has 1 heterocycles. The lowest BCUT2D eigenvalue weighted by Gasteiger charge is -1.99. The van der Waals surface area contributed by atoms with Crippen molar-refractivity contribution in [1.82, 2.24) is 9.97 Å². The highest BCUT2D eigenvalue weighted by molar-refractivity contribution is 5.68. The molecule has 0 amide bonds. The SMILES string of the molecule is Cc1cnc(CC(=O)O)nc1C. The number of aryl methyl sites for hydroxylation is 2. The number of hydrogen-bond donors (Lipinski definition) is 1. The number of aliphatic carboxylic acids is 1. The summed E-state index contributed by atoms with van der Waals surface area (Å²) in [7, 11) is 0. The zero-order chi connectivity index (χ0) is 9.14. The highest BCUT2D eigenvalue weighted by atomic mass is 16.4. The van der Waals surface area contributed by atoms with Gasteiger partial charge in [-0.05, 0) is 19.4 Å². The van der Waals surface area contributed by atoms with Crippen molar-refractivity contribution >= 4 is 5.97 Å². The molecule has 4 nitrogen and oxygen atoms in total. The molecule has 0 fully saturated rings. The van der Waals surface area contributed by atoms with Crippen LogP contribution in [-0.2, 0) is 11.2 Å². The normalized spacial score (nSPS) is 9.83. The van der Waals surface area contributed by atoms with Crippen molar-refractivity contribution in [2.45, 2.75) is 20.3 Å². The Balaban J connectivity index is 2.89. The van der Waals surface area contributed by atoms with Crippen LogP contribution in [0.5, 0.6) is 0 Å². The molecule has 0 radical (unpaired) electrons. The van der Waals surface area contributed by atoms with E-state index < -0.39 is 5.97 Å². The summed E-state index contributed by atoms with van der Waals surface area (Å²) in [6.45, 7) is 3.72. The Hall–Kier alpha value is -1.45. The molecular weight excluding hydrogens is 156 g/mol. The molecule has 0 aromatic carbocycles. The maximum atomic E-state index is 10.3. The number of carbonyl (C=O) groups is 1. The fourth-order valence-electron chi connectivity index (χ4n) is 0.796. The summed E-state index contributed by atoms with van der Waals surface area (Å²) in [4.78, 5) is 18.2. The molecule has 1 aromatic rings. The van der Waals surface area contributed by atoms with E-state index in [1.807, 2.05) is 13.8 Å². The molecule has 0 bridgehead atoms. The van der Waals surface area contributed by atoms with Crippen LogP contribution in [0.25, 0.3) is 0 Å². The molecule has 0 saturated carbocycles. The van der Waals surface area contributed by atoms with Crippen LogP contribution < -0.4 is 0 Å². The zero-order valence-corrected chi connectivity index (χ0v) is 7.03. The zero-order valence-electron chi connectivity index (χ0n) is 7.03. The third kappa shape index (κ3) is 2.02. The van der Waals surface area contributed by atoms with Gasteiger partial charge in [0.05, 0.1) is 0 Å². The van der Waals surface area contributed by atoms with Crippen LogP contribution in [0.2, 0.25) is 0 Å². The molecule has 1 N–H and O–H groups in total. The molecule has 0 saturated heterocycles. The van der Waals surface area contributed by atoms with Gasteiger partial charge in [-0.2, -0.15) is 0 Å². The summed E-state index contributed by atoms with van der Waals surface area (Å²) >= 11 is 0. The lowest BCUT2D eigenvalue weighted by Crippen LogP contribution is -2.06. The molecule has 4 heteroatoms.